The van der Waals surface area contributed by atoms with E-state index >= 15 is 0 Å². The van der Waals surface area contributed by atoms with Crippen molar-refractivity contribution in [1.29, 1.82) is 0 Å². The van der Waals surface area contributed by atoms with Gasteiger partial charge >= 0.3 is 12.4 Å². The topological polar surface area (TPSA) is 29.5 Å². The number of benzene rings is 3. The molecule has 1 N–H and O–H groups in total. The zero-order chi connectivity index (χ0) is 27.4. The van der Waals surface area contributed by atoms with Gasteiger partial charge in [-0.3, -0.25) is 0 Å². The number of rotatable bonds is 4. The maximum Gasteiger partial charge on any atom is 0.400 e. The smallest absolute Gasteiger partial charge is 0.400 e. The summed E-state index contributed by atoms with van der Waals surface area (Å²) in [6.45, 7) is 3.21. The normalized spacial score (nSPS) is 11.7. The molecule has 3 aromatic carbocycles. The number of hydrogen-bond acceptors (Lipinski definition) is 2. The van der Waals surface area contributed by atoms with E-state index in [-0.39, 0.29) is 18.4 Å². The molecule has 0 radical (unpaired) electrons. The van der Waals surface area contributed by atoms with Crippen LogP contribution in [0.15, 0.2) is 55.1 Å². The van der Waals surface area contributed by atoms with Crippen LogP contribution in [0.4, 0.5) is 43.9 Å². The maximum atomic E-state index is 14.0. The van der Waals surface area contributed by atoms with Gasteiger partial charge in [0, 0.05) is 0 Å². The fraction of sp³-hybridized carbons (Fsp3) is 0.167. The van der Waals surface area contributed by atoms with Crippen molar-refractivity contribution in [2.24, 2.45) is 5.92 Å². The van der Waals surface area contributed by atoms with Gasteiger partial charge in [-0.05, 0) is 42.3 Å². The average molecular weight is 526 g/mol. The second kappa shape index (κ2) is 10.9. The van der Waals surface area contributed by atoms with E-state index in [1.165, 1.54) is 24.3 Å². The van der Waals surface area contributed by atoms with E-state index in [0.717, 1.165) is 11.1 Å². The van der Waals surface area contributed by atoms with E-state index in [9.17, 15) is 49.0 Å². The molecule has 0 bridgehead atoms. The number of aromatic hydroxyl groups is 1. The van der Waals surface area contributed by atoms with Crippen LogP contribution in [0.5, 0.6) is 17.2 Å². The summed E-state index contributed by atoms with van der Waals surface area (Å²) in [6.07, 6.45) is -9.68. The highest BCUT2D eigenvalue weighted by Crippen LogP contribution is 2.38. The van der Waals surface area contributed by atoms with Crippen LogP contribution in [0.3, 0.4) is 0 Å². The van der Waals surface area contributed by atoms with Crippen molar-refractivity contribution in [3.63, 3.8) is 0 Å². The predicted octanol–water partition coefficient (Wildman–Crippen LogP) is 8.80. The van der Waals surface area contributed by atoms with Crippen LogP contribution in [0.1, 0.15) is 12.5 Å². The first-order valence-electron chi connectivity index (χ1n) is 9.77. The summed E-state index contributed by atoms with van der Waals surface area (Å²) in [5, 5.41) is 9.29. The highest BCUT2D eigenvalue weighted by Gasteiger charge is 2.53. The van der Waals surface area contributed by atoms with Gasteiger partial charge in [-0.1, -0.05) is 36.9 Å². The summed E-state index contributed by atoms with van der Waals surface area (Å²) in [5.74, 6) is -10.7. The quantitative estimate of drug-likeness (QED) is 0.272. The Bertz CT molecular complexity index is 1160. The van der Waals surface area contributed by atoms with Crippen molar-refractivity contribution in [2.75, 3.05) is 0 Å². The van der Waals surface area contributed by atoms with Crippen molar-refractivity contribution in [1.82, 2.24) is 0 Å². The summed E-state index contributed by atoms with van der Waals surface area (Å²) in [6, 6.07) is 12.4. The Labute approximate surface area is 198 Å². The zero-order valence-electron chi connectivity index (χ0n) is 18.1. The third-order valence-electron chi connectivity index (χ3n) is 4.72. The predicted molar refractivity (Wildman–Crippen MR) is 111 cm³/mol. The van der Waals surface area contributed by atoms with Crippen LogP contribution >= 0.6 is 0 Å². The number of halogens is 10. The van der Waals surface area contributed by atoms with Gasteiger partial charge in [-0.25, -0.2) is 8.78 Å². The molecule has 194 valence electrons. The van der Waals surface area contributed by atoms with E-state index in [1.807, 2.05) is 0 Å². The fourth-order valence-corrected chi connectivity index (χ4v) is 2.57. The molecule has 12 heteroatoms. The standard InChI is InChI=1S/C20H12F4O2.C4H4F6/c1-2-15-16(21)18(23)20(19(24)17(15)22)26-14-9-5-12(6-10-14)11-3-7-13(25)8-4-11;1-2(3(5,6)7)4(8,9)10/h2-10,25H,1H2;2H,1H3. The van der Waals surface area contributed by atoms with Gasteiger partial charge in [0.05, 0.1) is 5.56 Å². The van der Waals surface area contributed by atoms with Crippen LogP contribution in [0, 0.1) is 29.2 Å². The van der Waals surface area contributed by atoms with Gasteiger partial charge in [-0.15, -0.1) is 0 Å². The van der Waals surface area contributed by atoms with Crippen molar-refractivity contribution in [3.05, 3.63) is 83.9 Å². The highest BCUT2D eigenvalue weighted by molar-refractivity contribution is 5.65. The molecule has 0 unspecified atom stereocenters. The Kier molecular flexibility index (Phi) is 8.66. The first-order valence-corrected chi connectivity index (χ1v) is 9.77. The molecule has 36 heavy (non-hydrogen) atoms. The van der Waals surface area contributed by atoms with Gasteiger partial charge in [0.1, 0.15) is 17.4 Å². The molecule has 3 rings (SSSR count). The number of phenolic OH excluding ortho intramolecular Hbond substituents is 1. The van der Waals surface area contributed by atoms with E-state index < -0.39 is 52.9 Å². The highest BCUT2D eigenvalue weighted by atomic mass is 19.4. The molecule has 0 aromatic heterocycles. The molecule has 0 atom stereocenters. The molecular formula is C24H16F10O2. The maximum absolute atomic E-state index is 14.0. The van der Waals surface area contributed by atoms with E-state index in [2.05, 4.69) is 6.58 Å². The zero-order valence-corrected chi connectivity index (χ0v) is 18.1. The second-order valence-electron chi connectivity index (χ2n) is 7.18. The van der Waals surface area contributed by atoms with Crippen LogP contribution < -0.4 is 4.74 Å². The Morgan fingerprint density at radius 2 is 1.11 bits per heavy atom. The molecule has 0 amide bonds. The molecule has 0 saturated carbocycles. The lowest BCUT2D eigenvalue weighted by Gasteiger charge is -2.17. The van der Waals surface area contributed by atoms with Crippen LogP contribution in [0.2, 0.25) is 0 Å². The van der Waals surface area contributed by atoms with Crippen LogP contribution in [0.25, 0.3) is 17.2 Å². The van der Waals surface area contributed by atoms with E-state index in [4.69, 9.17) is 4.74 Å². The number of ether oxygens (including phenoxy) is 1. The third-order valence-corrected chi connectivity index (χ3v) is 4.72. The Morgan fingerprint density at radius 3 is 1.44 bits per heavy atom. The number of hydrogen-bond donors (Lipinski definition) is 1. The summed E-state index contributed by atoms with van der Waals surface area (Å²) in [5.41, 5.74) is 0.645. The van der Waals surface area contributed by atoms with E-state index in [0.29, 0.717) is 6.08 Å². The van der Waals surface area contributed by atoms with Gasteiger partial charge < -0.3 is 9.84 Å². The van der Waals surface area contributed by atoms with Crippen molar-refractivity contribution < 1.29 is 53.7 Å². The molecule has 0 aliphatic carbocycles. The molecular weight excluding hydrogens is 510 g/mol. The largest absolute Gasteiger partial charge is 0.508 e. The monoisotopic (exact) mass is 526 g/mol. The van der Waals surface area contributed by atoms with Gasteiger partial charge in [0.15, 0.2) is 11.6 Å². The lowest BCUT2D eigenvalue weighted by Crippen LogP contribution is -2.33. The molecule has 0 saturated heterocycles. The SMILES string of the molecule is C=Cc1c(F)c(F)c(Oc2ccc(-c3ccc(O)cc3)cc2)c(F)c1F.CC(C(F)(F)F)C(F)(F)F. The molecule has 0 heterocycles. The summed E-state index contributed by atoms with van der Waals surface area (Å²) in [4.78, 5) is 0. The van der Waals surface area contributed by atoms with Crippen LogP contribution in [-0.4, -0.2) is 17.5 Å². The fourth-order valence-electron chi connectivity index (χ4n) is 2.57. The minimum absolute atomic E-state index is 0.00418. The summed E-state index contributed by atoms with van der Waals surface area (Å²) >= 11 is 0. The Hall–Kier alpha value is -3.70. The minimum Gasteiger partial charge on any atom is -0.508 e. The van der Waals surface area contributed by atoms with Crippen LogP contribution in [-0.2, 0) is 0 Å². The molecule has 3 aromatic rings. The molecule has 0 aliphatic heterocycles. The van der Waals surface area contributed by atoms with Gasteiger partial charge in [0.25, 0.3) is 0 Å². The number of alkyl halides is 6. The minimum atomic E-state index is -5.18. The lowest BCUT2D eigenvalue weighted by atomic mass is 10.1. The molecule has 0 spiro atoms. The average Bonchev–Trinajstić information content (AvgIpc) is 2.81. The van der Waals surface area contributed by atoms with Crippen molar-refractivity contribution in [3.8, 4) is 28.4 Å². The molecule has 0 aliphatic rings. The Balaban J connectivity index is 0.000000388. The third kappa shape index (κ3) is 6.70. The van der Waals surface area contributed by atoms with Gasteiger partial charge in [-0.2, -0.15) is 35.1 Å². The molecule has 0 fully saturated rings. The summed E-state index contributed by atoms with van der Waals surface area (Å²) in [7, 11) is 0. The van der Waals surface area contributed by atoms with E-state index in [1.54, 1.807) is 24.3 Å². The second-order valence-corrected chi connectivity index (χ2v) is 7.18. The van der Waals surface area contributed by atoms with Gasteiger partial charge in [0.2, 0.25) is 17.4 Å². The molecule has 2 nitrogen and oxygen atoms in total. The first kappa shape index (κ1) is 28.5. The first-order chi connectivity index (χ1) is 16.6. The lowest BCUT2D eigenvalue weighted by molar-refractivity contribution is -0.278. The van der Waals surface area contributed by atoms with Crippen molar-refractivity contribution in [2.45, 2.75) is 19.3 Å². The number of phenols is 1. The van der Waals surface area contributed by atoms with Crippen molar-refractivity contribution >= 4 is 6.08 Å². The Morgan fingerprint density at radius 1 is 0.722 bits per heavy atom. The summed E-state index contributed by atoms with van der Waals surface area (Å²) < 4.78 is 128.